The number of nitrogens with one attached hydrogen (secondary N) is 3. The minimum absolute atomic E-state index is 0.266. The molecule has 0 bridgehead atoms. The second kappa shape index (κ2) is 20.6. The van der Waals surface area contributed by atoms with E-state index in [-0.39, 0.29) is 17.9 Å². The van der Waals surface area contributed by atoms with E-state index in [1.54, 1.807) is 0 Å². The lowest BCUT2D eigenvalue weighted by Crippen LogP contribution is -2.40. The Kier molecular flexibility index (Phi) is 18.6. The van der Waals surface area contributed by atoms with E-state index in [0.717, 1.165) is 19.3 Å². The number of esters is 3. The molecule has 0 aliphatic rings. The van der Waals surface area contributed by atoms with Crippen molar-refractivity contribution in [2.45, 2.75) is 139 Å². The first-order valence-corrected chi connectivity index (χ1v) is 16.9. The predicted octanol–water partition coefficient (Wildman–Crippen LogP) is 5.41. The normalized spacial score (nSPS) is 13.7. The lowest BCUT2D eigenvalue weighted by Gasteiger charge is -2.29. The highest BCUT2D eigenvalue weighted by Gasteiger charge is 2.28. The second-order valence-electron chi connectivity index (χ2n) is 13.2. The van der Waals surface area contributed by atoms with Gasteiger partial charge in [-0.15, -0.1) is 0 Å². The predicted molar refractivity (Wildman–Crippen MR) is 181 cm³/mol. The highest BCUT2D eigenvalue weighted by atomic mass is 16.5. The molecule has 3 atom stereocenters. The van der Waals surface area contributed by atoms with Crippen LogP contribution < -0.4 is 16.0 Å². The number of rotatable bonds is 21. The van der Waals surface area contributed by atoms with Crippen molar-refractivity contribution in [2.75, 3.05) is 21.3 Å². The van der Waals surface area contributed by atoms with Gasteiger partial charge in [-0.1, -0.05) is 62.3 Å². The van der Waals surface area contributed by atoms with Crippen molar-refractivity contribution in [2.24, 2.45) is 17.8 Å². The van der Waals surface area contributed by atoms with Gasteiger partial charge in [-0.05, 0) is 89.7 Å². The summed E-state index contributed by atoms with van der Waals surface area (Å²) in [7, 11) is 4.29. The summed E-state index contributed by atoms with van der Waals surface area (Å²) in [5.74, 6) is 0.140. The maximum absolute atomic E-state index is 12.7. The van der Waals surface area contributed by atoms with Crippen molar-refractivity contribution in [1.29, 1.82) is 0 Å². The molecule has 0 saturated heterocycles. The number of benzene rings is 1. The summed E-state index contributed by atoms with van der Waals surface area (Å²) in [6, 6.07) is -1.28. The van der Waals surface area contributed by atoms with Crippen LogP contribution in [0.4, 0.5) is 0 Å². The van der Waals surface area contributed by atoms with Crippen LogP contribution in [0.15, 0.2) is 0 Å². The van der Waals surface area contributed by atoms with Crippen molar-refractivity contribution >= 4 is 17.9 Å². The smallest absolute Gasteiger partial charge is 0.322 e. The highest BCUT2D eigenvalue weighted by Crippen LogP contribution is 2.32. The number of carbonyl (C=O) groups excluding carboxylic acids is 3. The first-order chi connectivity index (χ1) is 21.3. The minimum Gasteiger partial charge on any atom is -0.468 e. The van der Waals surface area contributed by atoms with Crippen LogP contribution in [0.5, 0.6) is 0 Å². The lowest BCUT2D eigenvalue weighted by atomic mass is 9.82. The summed E-state index contributed by atoms with van der Waals surface area (Å²) in [6.07, 6.45) is 4.37. The SMILES string of the molecule is CCc1c(CN[C@@H](CC(C)C)C(=O)OC)c(CC)c(CN[C@@H](CC(C)C)C(=O)OC)c(CC)c1CN[C@@H](CC(C)C)C(=O)OC. The van der Waals surface area contributed by atoms with Crippen LogP contribution in [0.25, 0.3) is 0 Å². The summed E-state index contributed by atoms with van der Waals surface area (Å²) >= 11 is 0. The molecule has 3 N–H and O–H groups in total. The third-order valence-electron chi connectivity index (χ3n) is 8.40. The van der Waals surface area contributed by atoms with E-state index >= 15 is 0 Å². The van der Waals surface area contributed by atoms with Gasteiger partial charge in [0, 0.05) is 19.6 Å². The van der Waals surface area contributed by atoms with E-state index in [2.05, 4.69) is 78.3 Å². The van der Waals surface area contributed by atoms with Crippen LogP contribution in [-0.2, 0) is 67.5 Å². The summed E-state index contributed by atoms with van der Waals surface area (Å²) in [5, 5.41) is 10.6. The molecule has 0 amide bonds. The van der Waals surface area contributed by atoms with E-state index < -0.39 is 18.1 Å². The largest absolute Gasteiger partial charge is 0.468 e. The standard InChI is InChI=1S/C36H63N3O6/c1-13-25-28(19-37-31(16-22(4)5)34(40)43-10)26(14-2)30(21-39-33(18-24(8)9)36(42)45-12)27(15-3)29(25)20-38-32(17-23(6)7)35(41)44-11/h22-24,31-33,37-39H,13-21H2,1-12H3/t31-,32-,33-/m0/s1. The van der Waals surface area contributed by atoms with Crippen LogP contribution >= 0.6 is 0 Å². The molecule has 0 heterocycles. The van der Waals surface area contributed by atoms with Crippen LogP contribution in [0.3, 0.4) is 0 Å². The van der Waals surface area contributed by atoms with E-state index in [1.165, 1.54) is 54.7 Å². The Labute approximate surface area is 273 Å². The fourth-order valence-electron chi connectivity index (χ4n) is 6.32. The van der Waals surface area contributed by atoms with Gasteiger partial charge in [-0.25, -0.2) is 0 Å². The molecule has 1 aromatic carbocycles. The van der Waals surface area contributed by atoms with Gasteiger partial charge in [0.1, 0.15) is 18.1 Å². The number of methoxy groups -OCH3 is 3. The Morgan fingerprint density at radius 3 is 0.844 bits per heavy atom. The Morgan fingerprint density at radius 1 is 0.467 bits per heavy atom. The van der Waals surface area contributed by atoms with Crippen LogP contribution in [-0.4, -0.2) is 57.4 Å². The van der Waals surface area contributed by atoms with E-state index in [4.69, 9.17) is 14.2 Å². The molecule has 1 rings (SSSR count). The molecule has 0 aliphatic heterocycles. The minimum atomic E-state index is -0.428. The molecule has 9 nitrogen and oxygen atoms in total. The van der Waals surface area contributed by atoms with Gasteiger partial charge in [-0.3, -0.25) is 14.4 Å². The Morgan fingerprint density at radius 2 is 0.689 bits per heavy atom. The second-order valence-corrected chi connectivity index (χ2v) is 13.2. The third kappa shape index (κ3) is 12.3. The van der Waals surface area contributed by atoms with Gasteiger partial charge >= 0.3 is 17.9 Å². The lowest BCUT2D eigenvalue weighted by molar-refractivity contribution is -0.144. The van der Waals surface area contributed by atoms with Crippen LogP contribution in [0.1, 0.15) is 115 Å². The molecule has 1 aromatic rings. The molecular formula is C36H63N3O6. The maximum Gasteiger partial charge on any atom is 0.322 e. The number of hydrogen-bond donors (Lipinski definition) is 3. The average Bonchev–Trinajstić information content (AvgIpc) is 3.00. The number of carbonyl (C=O) groups is 3. The molecule has 45 heavy (non-hydrogen) atoms. The first-order valence-electron chi connectivity index (χ1n) is 16.9. The average molecular weight is 634 g/mol. The van der Waals surface area contributed by atoms with Crippen molar-refractivity contribution in [3.8, 4) is 0 Å². The summed E-state index contributed by atoms with van der Waals surface area (Å²) in [6.45, 7) is 20.6. The molecule has 0 spiro atoms. The summed E-state index contributed by atoms with van der Waals surface area (Å²) < 4.78 is 15.4. The zero-order valence-corrected chi connectivity index (χ0v) is 30.3. The topological polar surface area (TPSA) is 115 Å². The molecule has 9 heteroatoms. The van der Waals surface area contributed by atoms with Crippen LogP contribution in [0.2, 0.25) is 0 Å². The van der Waals surface area contributed by atoms with Crippen molar-refractivity contribution in [3.05, 3.63) is 33.4 Å². The number of ether oxygens (including phenoxy) is 3. The van der Waals surface area contributed by atoms with Crippen molar-refractivity contribution in [3.63, 3.8) is 0 Å². The van der Waals surface area contributed by atoms with E-state index in [9.17, 15) is 14.4 Å². The molecule has 0 aromatic heterocycles. The molecule has 0 saturated carbocycles. The summed E-state index contributed by atoms with van der Waals surface area (Å²) in [4.78, 5) is 38.2. The molecule has 0 aliphatic carbocycles. The van der Waals surface area contributed by atoms with Crippen molar-refractivity contribution < 1.29 is 28.6 Å². The zero-order valence-electron chi connectivity index (χ0n) is 30.3. The molecule has 258 valence electrons. The molecular weight excluding hydrogens is 570 g/mol. The third-order valence-corrected chi connectivity index (χ3v) is 8.40. The van der Waals surface area contributed by atoms with Gasteiger partial charge in [0.15, 0.2) is 0 Å². The van der Waals surface area contributed by atoms with Gasteiger partial charge in [0.2, 0.25) is 0 Å². The fraction of sp³-hybridized carbons (Fsp3) is 0.750. The Balaban J connectivity index is 3.84. The fourth-order valence-corrected chi connectivity index (χ4v) is 6.32. The van der Waals surface area contributed by atoms with Gasteiger partial charge < -0.3 is 30.2 Å². The molecule has 0 unspecified atom stereocenters. The Bertz CT molecular complexity index is 931. The van der Waals surface area contributed by atoms with E-state index in [1.807, 2.05) is 0 Å². The quantitative estimate of drug-likeness (QED) is 0.121. The van der Waals surface area contributed by atoms with Crippen LogP contribution in [0, 0.1) is 17.8 Å². The summed E-state index contributed by atoms with van der Waals surface area (Å²) in [5.41, 5.74) is 7.17. The monoisotopic (exact) mass is 633 g/mol. The van der Waals surface area contributed by atoms with Gasteiger partial charge in [0.05, 0.1) is 21.3 Å². The zero-order chi connectivity index (χ0) is 34.3. The first kappa shape index (κ1) is 40.5. The van der Waals surface area contributed by atoms with Gasteiger partial charge in [0.25, 0.3) is 0 Å². The van der Waals surface area contributed by atoms with E-state index in [0.29, 0.717) is 56.7 Å². The van der Waals surface area contributed by atoms with Crippen molar-refractivity contribution in [1.82, 2.24) is 16.0 Å². The maximum atomic E-state index is 12.7. The highest BCUT2D eigenvalue weighted by molar-refractivity contribution is 5.76. The van der Waals surface area contributed by atoms with Gasteiger partial charge in [-0.2, -0.15) is 0 Å². The number of hydrogen-bond acceptors (Lipinski definition) is 9. The molecule has 0 fully saturated rings. The Hall–Kier alpha value is -2.49. The molecule has 0 radical (unpaired) electrons.